The van der Waals surface area contributed by atoms with Crippen LogP contribution in [0.3, 0.4) is 0 Å². The molecule has 0 fully saturated rings. The summed E-state index contributed by atoms with van der Waals surface area (Å²) in [5.74, 6) is -0.175. The van der Waals surface area contributed by atoms with Crippen molar-refractivity contribution in [3.8, 4) is 0 Å². The van der Waals surface area contributed by atoms with Gasteiger partial charge in [-0.15, -0.1) is 22.7 Å². The number of rotatable bonds is 3. The van der Waals surface area contributed by atoms with E-state index in [1.807, 2.05) is 18.4 Å². The van der Waals surface area contributed by atoms with Crippen molar-refractivity contribution in [3.05, 3.63) is 39.9 Å². The summed E-state index contributed by atoms with van der Waals surface area (Å²) in [6, 6.07) is 1.69. The molecule has 0 bridgehead atoms. The average Bonchev–Trinajstić information content (AvgIpc) is 3.07. The molecular weight excluding hydrogens is 292 g/mol. The molecule has 3 aromatic rings. The van der Waals surface area contributed by atoms with Crippen LogP contribution in [0.15, 0.2) is 30.0 Å². The number of pyridine rings is 1. The van der Waals surface area contributed by atoms with Gasteiger partial charge < -0.3 is 11.1 Å². The lowest BCUT2D eigenvalue weighted by Crippen LogP contribution is -2.26. The number of hydrogen-bond donors (Lipinski definition) is 2. The fourth-order valence-corrected chi connectivity index (χ4v) is 3.55. The van der Waals surface area contributed by atoms with Crippen LogP contribution in [0.2, 0.25) is 0 Å². The number of fused-ring (bicyclic) bond motifs is 1. The smallest absolute Gasteiger partial charge is 0.264 e. The number of thiophene rings is 1. The summed E-state index contributed by atoms with van der Waals surface area (Å²) in [6.07, 6.45) is 5.12. The highest BCUT2D eigenvalue weighted by atomic mass is 32.1. The molecule has 0 aromatic carbocycles. The lowest BCUT2D eigenvalue weighted by Gasteiger charge is -2.10. The maximum absolute atomic E-state index is 12.3. The SMILES string of the molecule is CC(NC(=O)c1sc2cnccc2c1N)c1nccs1. The molecule has 5 nitrogen and oxygen atoms in total. The van der Waals surface area contributed by atoms with E-state index < -0.39 is 0 Å². The zero-order valence-corrected chi connectivity index (χ0v) is 12.3. The Kier molecular flexibility index (Phi) is 3.37. The zero-order chi connectivity index (χ0) is 14.1. The van der Waals surface area contributed by atoms with E-state index in [9.17, 15) is 4.79 Å². The van der Waals surface area contributed by atoms with Crippen LogP contribution >= 0.6 is 22.7 Å². The van der Waals surface area contributed by atoms with Crippen LogP contribution in [0.1, 0.15) is 27.6 Å². The van der Waals surface area contributed by atoms with Crippen LogP contribution < -0.4 is 11.1 Å². The highest BCUT2D eigenvalue weighted by Crippen LogP contribution is 2.33. The van der Waals surface area contributed by atoms with Crippen molar-refractivity contribution in [2.75, 3.05) is 5.73 Å². The Morgan fingerprint density at radius 1 is 1.45 bits per heavy atom. The number of carbonyl (C=O) groups excluding carboxylic acids is 1. The molecule has 0 spiro atoms. The Morgan fingerprint density at radius 2 is 2.30 bits per heavy atom. The minimum atomic E-state index is -0.175. The van der Waals surface area contributed by atoms with Gasteiger partial charge in [0.2, 0.25) is 0 Å². The fourth-order valence-electron chi connectivity index (χ4n) is 1.91. The highest BCUT2D eigenvalue weighted by molar-refractivity contribution is 7.21. The lowest BCUT2D eigenvalue weighted by atomic mass is 10.2. The molecule has 0 aliphatic heterocycles. The van der Waals surface area contributed by atoms with E-state index >= 15 is 0 Å². The van der Waals surface area contributed by atoms with E-state index in [4.69, 9.17) is 5.73 Å². The number of carbonyl (C=O) groups is 1. The third-order valence-electron chi connectivity index (χ3n) is 2.91. The van der Waals surface area contributed by atoms with Crippen LogP contribution in [0.5, 0.6) is 0 Å². The first-order chi connectivity index (χ1) is 9.66. The fraction of sp³-hybridized carbons (Fsp3) is 0.154. The van der Waals surface area contributed by atoms with Crippen molar-refractivity contribution in [2.24, 2.45) is 0 Å². The van der Waals surface area contributed by atoms with E-state index in [-0.39, 0.29) is 11.9 Å². The monoisotopic (exact) mass is 304 g/mol. The second-order valence-electron chi connectivity index (χ2n) is 4.28. The van der Waals surface area contributed by atoms with Crippen LogP contribution in [0.4, 0.5) is 5.69 Å². The third-order valence-corrected chi connectivity index (χ3v) is 5.02. The molecule has 1 amide bonds. The Balaban J connectivity index is 1.87. The van der Waals surface area contributed by atoms with Gasteiger partial charge in [-0.1, -0.05) is 0 Å². The van der Waals surface area contributed by atoms with Gasteiger partial charge in [0.05, 0.1) is 16.4 Å². The average molecular weight is 304 g/mol. The molecule has 0 aliphatic rings. The maximum Gasteiger partial charge on any atom is 0.264 e. The first-order valence-corrected chi connectivity index (χ1v) is 7.68. The zero-order valence-electron chi connectivity index (χ0n) is 10.7. The van der Waals surface area contributed by atoms with E-state index in [2.05, 4.69) is 15.3 Å². The first-order valence-electron chi connectivity index (χ1n) is 5.99. The molecule has 0 radical (unpaired) electrons. The van der Waals surface area contributed by atoms with Crippen LogP contribution in [-0.2, 0) is 0 Å². The molecule has 3 N–H and O–H groups in total. The minimum Gasteiger partial charge on any atom is -0.397 e. The standard InChI is InChI=1S/C13H12N4OS2/c1-7(13-16-4-5-19-13)17-12(18)11-10(14)8-2-3-15-6-9(8)20-11/h2-7H,14H2,1H3,(H,17,18). The summed E-state index contributed by atoms with van der Waals surface area (Å²) in [5, 5.41) is 6.55. The number of nitrogens with zero attached hydrogens (tertiary/aromatic N) is 2. The number of hydrogen-bond acceptors (Lipinski definition) is 6. The number of nitrogen functional groups attached to an aromatic ring is 1. The van der Waals surface area contributed by atoms with Crippen molar-refractivity contribution >= 4 is 44.4 Å². The highest BCUT2D eigenvalue weighted by Gasteiger charge is 2.19. The molecule has 3 heterocycles. The number of thiazole rings is 1. The van der Waals surface area contributed by atoms with Crippen molar-refractivity contribution in [3.63, 3.8) is 0 Å². The van der Waals surface area contributed by atoms with Gasteiger partial charge in [-0.2, -0.15) is 0 Å². The predicted octanol–water partition coefficient (Wildman–Crippen LogP) is 2.83. The van der Waals surface area contributed by atoms with Gasteiger partial charge in [-0.3, -0.25) is 9.78 Å². The summed E-state index contributed by atoms with van der Waals surface area (Å²) in [5.41, 5.74) is 6.55. The normalized spacial score (nSPS) is 12.4. The second-order valence-corrected chi connectivity index (χ2v) is 6.26. The van der Waals surface area contributed by atoms with E-state index in [0.29, 0.717) is 10.6 Å². The first kappa shape index (κ1) is 13.0. The number of anilines is 1. The Labute approximate surface area is 123 Å². The number of nitrogens with one attached hydrogen (secondary N) is 1. The number of amides is 1. The molecule has 0 aliphatic carbocycles. The molecule has 0 saturated heterocycles. The van der Waals surface area contributed by atoms with Gasteiger partial charge in [0.25, 0.3) is 5.91 Å². The molecule has 1 unspecified atom stereocenters. The molecule has 7 heteroatoms. The van der Waals surface area contributed by atoms with E-state index in [1.165, 1.54) is 22.7 Å². The van der Waals surface area contributed by atoms with Gasteiger partial charge in [0.1, 0.15) is 9.88 Å². The molecule has 20 heavy (non-hydrogen) atoms. The molecular formula is C13H12N4OS2. The van der Waals surface area contributed by atoms with Crippen LogP contribution in [-0.4, -0.2) is 15.9 Å². The van der Waals surface area contributed by atoms with Gasteiger partial charge >= 0.3 is 0 Å². The molecule has 3 rings (SSSR count). The van der Waals surface area contributed by atoms with Crippen LogP contribution in [0.25, 0.3) is 10.1 Å². The summed E-state index contributed by atoms with van der Waals surface area (Å²) < 4.78 is 0.914. The summed E-state index contributed by atoms with van der Waals surface area (Å²) in [6.45, 7) is 1.90. The quantitative estimate of drug-likeness (QED) is 0.779. The second kappa shape index (κ2) is 5.18. The minimum absolute atomic E-state index is 0.134. The molecule has 1 atom stereocenters. The summed E-state index contributed by atoms with van der Waals surface area (Å²) in [7, 11) is 0. The van der Waals surface area contributed by atoms with Gasteiger partial charge in [0, 0.05) is 29.4 Å². The molecule has 102 valence electrons. The Morgan fingerprint density at radius 3 is 3.00 bits per heavy atom. The van der Waals surface area contributed by atoms with Crippen molar-refractivity contribution in [1.29, 1.82) is 0 Å². The predicted molar refractivity (Wildman–Crippen MR) is 82.0 cm³/mol. The Bertz CT molecular complexity index is 751. The summed E-state index contributed by atoms with van der Waals surface area (Å²) >= 11 is 2.87. The number of aromatic nitrogens is 2. The number of nitrogens with two attached hydrogens (primary N) is 1. The van der Waals surface area contributed by atoms with Gasteiger partial charge in [-0.25, -0.2) is 4.98 Å². The Hall–Kier alpha value is -1.99. The maximum atomic E-state index is 12.3. The van der Waals surface area contributed by atoms with E-state index in [1.54, 1.807) is 18.6 Å². The van der Waals surface area contributed by atoms with Gasteiger partial charge in [-0.05, 0) is 13.0 Å². The summed E-state index contributed by atoms with van der Waals surface area (Å²) in [4.78, 5) is 21.1. The van der Waals surface area contributed by atoms with Crippen molar-refractivity contribution < 1.29 is 4.79 Å². The largest absolute Gasteiger partial charge is 0.397 e. The lowest BCUT2D eigenvalue weighted by molar-refractivity contribution is 0.0945. The topological polar surface area (TPSA) is 80.9 Å². The third kappa shape index (κ3) is 2.25. The van der Waals surface area contributed by atoms with E-state index in [0.717, 1.165) is 15.1 Å². The molecule has 3 aromatic heterocycles. The van der Waals surface area contributed by atoms with Gasteiger partial charge in [0.15, 0.2) is 0 Å². The van der Waals surface area contributed by atoms with Crippen molar-refractivity contribution in [2.45, 2.75) is 13.0 Å². The molecule has 0 saturated carbocycles. The van der Waals surface area contributed by atoms with Crippen LogP contribution in [0, 0.1) is 0 Å². The van der Waals surface area contributed by atoms with Crippen molar-refractivity contribution in [1.82, 2.24) is 15.3 Å².